The summed E-state index contributed by atoms with van der Waals surface area (Å²) in [4.78, 5) is 0.151. The third-order valence-corrected chi connectivity index (χ3v) is 5.28. The second-order valence-electron chi connectivity index (χ2n) is 5.15. The Labute approximate surface area is 114 Å². The van der Waals surface area contributed by atoms with Crippen molar-refractivity contribution in [3.63, 3.8) is 0 Å². The highest BCUT2D eigenvalue weighted by atomic mass is 32.2. The summed E-state index contributed by atoms with van der Waals surface area (Å²) in [5.74, 6) is 0.659. The van der Waals surface area contributed by atoms with Crippen LogP contribution < -0.4 is 15.2 Å². The van der Waals surface area contributed by atoms with Gasteiger partial charge in [0.25, 0.3) is 0 Å². The summed E-state index contributed by atoms with van der Waals surface area (Å²) < 4.78 is 32.8. The van der Waals surface area contributed by atoms with Crippen LogP contribution in [0.2, 0.25) is 0 Å². The molecule has 5 nitrogen and oxygen atoms in total. The van der Waals surface area contributed by atoms with E-state index in [1.165, 1.54) is 13.2 Å². The van der Waals surface area contributed by atoms with Gasteiger partial charge in [-0.15, -0.1) is 0 Å². The Balaban J connectivity index is 2.32. The molecule has 0 aromatic heterocycles. The summed E-state index contributed by atoms with van der Waals surface area (Å²) in [6.07, 6.45) is 2.03. The van der Waals surface area contributed by atoms with Gasteiger partial charge in [0.1, 0.15) is 10.6 Å². The third kappa shape index (κ3) is 2.91. The number of ether oxygens (including phenoxy) is 1. The Morgan fingerprint density at radius 3 is 2.58 bits per heavy atom. The lowest BCUT2D eigenvalue weighted by Gasteiger charge is -2.29. The summed E-state index contributed by atoms with van der Waals surface area (Å²) in [7, 11) is -2.18. The molecule has 19 heavy (non-hydrogen) atoms. The fourth-order valence-corrected chi connectivity index (χ4v) is 3.86. The first kappa shape index (κ1) is 14.3. The molecule has 0 saturated heterocycles. The van der Waals surface area contributed by atoms with Crippen LogP contribution in [0.15, 0.2) is 29.2 Å². The second kappa shape index (κ2) is 5.11. The van der Waals surface area contributed by atoms with Crippen LogP contribution in [0.4, 0.5) is 0 Å². The van der Waals surface area contributed by atoms with Gasteiger partial charge in [0, 0.05) is 12.1 Å². The minimum Gasteiger partial charge on any atom is -0.495 e. The van der Waals surface area contributed by atoms with Gasteiger partial charge in [-0.05, 0) is 37.8 Å². The van der Waals surface area contributed by atoms with E-state index in [0.717, 1.165) is 12.8 Å². The van der Waals surface area contributed by atoms with Crippen molar-refractivity contribution in [2.24, 2.45) is 11.7 Å². The molecule has 1 aromatic carbocycles. The summed E-state index contributed by atoms with van der Waals surface area (Å²) in [5.41, 5.74) is 5.16. The monoisotopic (exact) mass is 284 g/mol. The van der Waals surface area contributed by atoms with Crippen molar-refractivity contribution in [2.45, 2.75) is 30.2 Å². The molecule has 1 atom stereocenters. The van der Waals surface area contributed by atoms with E-state index in [0.29, 0.717) is 11.7 Å². The average molecular weight is 284 g/mol. The molecule has 2 rings (SSSR count). The number of para-hydroxylation sites is 1. The van der Waals surface area contributed by atoms with Crippen molar-refractivity contribution in [2.75, 3.05) is 13.7 Å². The van der Waals surface area contributed by atoms with Gasteiger partial charge < -0.3 is 10.5 Å². The molecule has 1 unspecified atom stereocenters. The maximum Gasteiger partial charge on any atom is 0.244 e. The summed E-state index contributed by atoms with van der Waals surface area (Å²) in [6.45, 7) is 2.14. The number of nitrogens with one attached hydrogen (secondary N) is 1. The highest BCUT2D eigenvalue weighted by molar-refractivity contribution is 7.89. The topological polar surface area (TPSA) is 81.4 Å². The second-order valence-corrected chi connectivity index (χ2v) is 6.80. The fourth-order valence-electron chi connectivity index (χ4n) is 2.21. The normalized spacial score (nSPS) is 18.9. The van der Waals surface area contributed by atoms with Crippen LogP contribution in [0.3, 0.4) is 0 Å². The quantitative estimate of drug-likeness (QED) is 0.819. The van der Waals surface area contributed by atoms with E-state index >= 15 is 0 Å². The Bertz CT molecular complexity index is 555. The maximum atomic E-state index is 12.5. The fraction of sp³-hybridized carbons (Fsp3) is 0.538. The Morgan fingerprint density at radius 2 is 2.05 bits per heavy atom. The van der Waals surface area contributed by atoms with Crippen molar-refractivity contribution in [1.82, 2.24) is 4.72 Å². The minimum absolute atomic E-state index is 0.151. The zero-order chi connectivity index (χ0) is 14.1. The van der Waals surface area contributed by atoms with E-state index in [-0.39, 0.29) is 11.4 Å². The molecular weight excluding hydrogens is 264 g/mol. The van der Waals surface area contributed by atoms with E-state index in [1.54, 1.807) is 18.2 Å². The predicted octanol–water partition coefficient (Wildman–Crippen LogP) is 1.10. The summed E-state index contributed by atoms with van der Waals surface area (Å²) in [5, 5.41) is 0. The molecule has 0 amide bonds. The molecule has 0 bridgehead atoms. The molecule has 0 aliphatic heterocycles. The van der Waals surface area contributed by atoms with E-state index < -0.39 is 15.6 Å². The molecule has 6 heteroatoms. The molecule has 0 heterocycles. The van der Waals surface area contributed by atoms with E-state index in [4.69, 9.17) is 10.5 Å². The van der Waals surface area contributed by atoms with Crippen molar-refractivity contribution in [3.05, 3.63) is 24.3 Å². The molecule has 1 aromatic rings. The lowest BCUT2D eigenvalue weighted by molar-refractivity contribution is 0.370. The van der Waals surface area contributed by atoms with Crippen LogP contribution >= 0.6 is 0 Å². The van der Waals surface area contributed by atoms with Crippen LogP contribution in [0.5, 0.6) is 5.75 Å². The van der Waals surface area contributed by atoms with Gasteiger partial charge in [-0.2, -0.15) is 0 Å². The first-order valence-corrected chi connectivity index (χ1v) is 7.78. The van der Waals surface area contributed by atoms with E-state index in [1.807, 2.05) is 6.92 Å². The SMILES string of the molecule is COc1ccccc1S(=O)(=O)NC(C)(CN)C1CC1. The van der Waals surface area contributed by atoms with Gasteiger partial charge in [-0.1, -0.05) is 12.1 Å². The van der Waals surface area contributed by atoms with Crippen LogP contribution in [0, 0.1) is 5.92 Å². The number of hydrogen-bond acceptors (Lipinski definition) is 4. The molecule has 1 saturated carbocycles. The molecule has 1 fully saturated rings. The van der Waals surface area contributed by atoms with Crippen LogP contribution in [-0.2, 0) is 10.0 Å². The zero-order valence-electron chi connectivity index (χ0n) is 11.2. The van der Waals surface area contributed by atoms with Crippen molar-refractivity contribution >= 4 is 10.0 Å². The van der Waals surface area contributed by atoms with Crippen molar-refractivity contribution in [1.29, 1.82) is 0 Å². The van der Waals surface area contributed by atoms with Gasteiger partial charge in [-0.25, -0.2) is 13.1 Å². The van der Waals surface area contributed by atoms with Crippen molar-refractivity contribution in [3.8, 4) is 5.75 Å². The number of hydrogen-bond donors (Lipinski definition) is 2. The number of rotatable bonds is 6. The van der Waals surface area contributed by atoms with Gasteiger partial charge in [0.2, 0.25) is 10.0 Å². The van der Waals surface area contributed by atoms with Crippen LogP contribution in [0.25, 0.3) is 0 Å². The van der Waals surface area contributed by atoms with E-state index in [9.17, 15) is 8.42 Å². The lowest BCUT2D eigenvalue weighted by Crippen LogP contribution is -2.53. The number of nitrogens with two attached hydrogens (primary N) is 1. The van der Waals surface area contributed by atoms with Crippen molar-refractivity contribution < 1.29 is 13.2 Å². The average Bonchev–Trinajstić information content (AvgIpc) is 3.22. The number of methoxy groups -OCH3 is 1. The molecule has 1 aliphatic rings. The number of benzene rings is 1. The first-order valence-electron chi connectivity index (χ1n) is 6.30. The Kier molecular flexibility index (Phi) is 3.85. The third-order valence-electron chi connectivity index (χ3n) is 3.63. The van der Waals surface area contributed by atoms with Crippen LogP contribution in [-0.4, -0.2) is 27.6 Å². The maximum absolute atomic E-state index is 12.5. The summed E-state index contributed by atoms with van der Waals surface area (Å²) in [6, 6.07) is 6.57. The standard InChI is InChI=1S/C13H20N2O3S/c1-13(9-14,10-7-8-10)15-19(16,17)12-6-4-3-5-11(12)18-2/h3-6,10,15H,7-9,14H2,1-2H3. The lowest BCUT2D eigenvalue weighted by atomic mass is 9.98. The summed E-state index contributed by atoms with van der Waals surface area (Å²) >= 11 is 0. The molecular formula is C13H20N2O3S. The Hall–Kier alpha value is -1.11. The minimum atomic E-state index is -3.63. The Morgan fingerprint density at radius 1 is 1.42 bits per heavy atom. The molecule has 0 spiro atoms. The van der Waals surface area contributed by atoms with Gasteiger partial charge in [0.15, 0.2) is 0 Å². The van der Waals surface area contributed by atoms with Gasteiger partial charge in [-0.3, -0.25) is 0 Å². The highest BCUT2D eigenvalue weighted by Crippen LogP contribution is 2.40. The van der Waals surface area contributed by atoms with Gasteiger partial charge in [0.05, 0.1) is 7.11 Å². The van der Waals surface area contributed by atoms with Gasteiger partial charge >= 0.3 is 0 Å². The number of sulfonamides is 1. The smallest absolute Gasteiger partial charge is 0.244 e. The largest absolute Gasteiger partial charge is 0.495 e. The first-order chi connectivity index (χ1) is 8.93. The zero-order valence-corrected chi connectivity index (χ0v) is 12.0. The molecule has 1 aliphatic carbocycles. The predicted molar refractivity (Wildman–Crippen MR) is 73.5 cm³/mol. The molecule has 3 N–H and O–H groups in total. The highest BCUT2D eigenvalue weighted by Gasteiger charge is 2.43. The molecule has 106 valence electrons. The van der Waals surface area contributed by atoms with E-state index in [2.05, 4.69) is 4.72 Å². The van der Waals surface area contributed by atoms with Crippen LogP contribution in [0.1, 0.15) is 19.8 Å². The molecule has 0 radical (unpaired) electrons.